The van der Waals surface area contributed by atoms with Gasteiger partial charge in [0, 0.05) is 6.07 Å². The quantitative estimate of drug-likeness (QED) is 0.646. The number of carboxylic acid groups (broad SMARTS) is 1. The molecule has 1 aromatic carbocycles. The van der Waals surface area contributed by atoms with Gasteiger partial charge in [-0.05, 0) is 12.1 Å². The maximum atomic E-state index is 11.1. The summed E-state index contributed by atoms with van der Waals surface area (Å²) in [5, 5.41) is 25.5. The number of halogens is 1. The number of aromatic nitrogens is 4. The van der Waals surface area contributed by atoms with E-state index in [9.17, 15) is 4.79 Å². The number of nitrogens with one attached hydrogen (secondary N) is 1. The second-order valence-corrected chi connectivity index (χ2v) is 5.22. The molecular weight excluding hydrogens is 346 g/mol. The zero-order chi connectivity index (χ0) is 18.0. The first kappa shape index (κ1) is 16.2. The molecule has 0 bridgehead atoms. The fourth-order valence-electron chi connectivity index (χ4n) is 2.03. The van der Waals surface area contributed by atoms with Gasteiger partial charge in [0.15, 0.2) is 0 Å². The molecule has 0 aliphatic carbocycles. The molecule has 0 saturated heterocycles. The number of carbonyl (C=O) groups is 1. The smallest absolute Gasteiger partial charge is 0.341 e. The number of carboxylic acids is 1. The minimum absolute atomic E-state index is 0.0430. The van der Waals surface area contributed by atoms with Gasteiger partial charge in [0.05, 0.1) is 16.9 Å². The van der Waals surface area contributed by atoms with Crippen molar-refractivity contribution in [1.29, 1.82) is 5.26 Å². The first-order valence-corrected chi connectivity index (χ1v) is 7.25. The number of rotatable bonds is 4. The van der Waals surface area contributed by atoms with Crippen molar-refractivity contribution in [3.63, 3.8) is 0 Å². The summed E-state index contributed by atoms with van der Waals surface area (Å²) in [5.41, 5.74) is 6.21. The second-order valence-electron chi connectivity index (χ2n) is 4.82. The van der Waals surface area contributed by atoms with Crippen LogP contribution >= 0.6 is 11.6 Å². The van der Waals surface area contributed by atoms with Gasteiger partial charge in [0.25, 0.3) is 5.95 Å². The molecule has 9 nitrogen and oxygen atoms in total. The van der Waals surface area contributed by atoms with Gasteiger partial charge in [-0.25, -0.2) is 4.79 Å². The average Bonchev–Trinajstić information content (AvgIpc) is 2.98. The summed E-state index contributed by atoms with van der Waals surface area (Å²) in [6, 6.07) is 10.3. The Morgan fingerprint density at radius 3 is 2.76 bits per heavy atom. The molecule has 25 heavy (non-hydrogen) atoms. The van der Waals surface area contributed by atoms with E-state index in [2.05, 4.69) is 20.4 Å². The van der Waals surface area contributed by atoms with Crippen molar-refractivity contribution in [3.05, 3.63) is 52.8 Å². The highest BCUT2D eigenvalue weighted by Crippen LogP contribution is 2.25. The van der Waals surface area contributed by atoms with Crippen molar-refractivity contribution in [2.24, 2.45) is 0 Å². The third kappa shape index (κ3) is 3.19. The van der Waals surface area contributed by atoms with Crippen LogP contribution in [0.2, 0.25) is 5.02 Å². The highest BCUT2D eigenvalue weighted by molar-refractivity contribution is 6.33. The van der Waals surface area contributed by atoms with Crippen LogP contribution in [0.1, 0.15) is 16.1 Å². The summed E-state index contributed by atoms with van der Waals surface area (Å²) in [6.45, 7) is 0. The highest BCUT2D eigenvalue weighted by Gasteiger charge is 2.17. The predicted molar refractivity (Wildman–Crippen MR) is 90.0 cm³/mol. The summed E-state index contributed by atoms with van der Waals surface area (Å²) in [5.74, 6) is -1.14. The maximum absolute atomic E-state index is 11.1. The van der Waals surface area contributed by atoms with E-state index in [4.69, 9.17) is 27.7 Å². The minimum Gasteiger partial charge on any atom is -0.477 e. The number of hydrogen-bond acceptors (Lipinski definition) is 7. The van der Waals surface area contributed by atoms with E-state index >= 15 is 0 Å². The number of benzene rings is 1. The van der Waals surface area contributed by atoms with Crippen molar-refractivity contribution in [3.8, 4) is 12.0 Å². The zero-order valence-corrected chi connectivity index (χ0v) is 13.3. The van der Waals surface area contributed by atoms with Crippen molar-refractivity contribution in [2.45, 2.75) is 0 Å². The number of para-hydroxylation sites is 1. The molecule has 0 spiro atoms. The van der Waals surface area contributed by atoms with Crippen LogP contribution in [-0.2, 0) is 0 Å². The van der Waals surface area contributed by atoms with Crippen LogP contribution in [0.4, 0.5) is 17.3 Å². The van der Waals surface area contributed by atoms with Crippen molar-refractivity contribution in [2.75, 3.05) is 11.1 Å². The Morgan fingerprint density at radius 2 is 2.12 bits per heavy atom. The van der Waals surface area contributed by atoms with Crippen molar-refractivity contribution in [1.82, 2.24) is 19.7 Å². The highest BCUT2D eigenvalue weighted by atomic mass is 35.5. The molecule has 2 heterocycles. The molecule has 0 atom stereocenters. The van der Waals surface area contributed by atoms with Gasteiger partial charge >= 0.3 is 5.97 Å². The molecule has 0 radical (unpaired) electrons. The lowest BCUT2D eigenvalue weighted by molar-refractivity contribution is 0.0698. The van der Waals surface area contributed by atoms with E-state index in [1.54, 1.807) is 24.3 Å². The van der Waals surface area contributed by atoms with Gasteiger partial charge in [0.1, 0.15) is 29.0 Å². The van der Waals surface area contributed by atoms with Crippen molar-refractivity contribution < 1.29 is 9.90 Å². The van der Waals surface area contributed by atoms with E-state index in [1.807, 2.05) is 6.07 Å². The molecule has 0 saturated carbocycles. The summed E-state index contributed by atoms with van der Waals surface area (Å²) < 4.78 is 1.04. The van der Waals surface area contributed by atoms with Gasteiger partial charge in [0.2, 0.25) is 0 Å². The maximum Gasteiger partial charge on any atom is 0.341 e. The Hall–Kier alpha value is -3.64. The number of nitrogen functional groups attached to an aromatic ring is 1. The first-order chi connectivity index (χ1) is 12.0. The molecule has 0 amide bonds. The third-order valence-electron chi connectivity index (χ3n) is 3.19. The van der Waals surface area contributed by atoms with Gasteiger partial charge in [-0.3, -0.25) is 0 Å². The molecule has 10 heteroatoms. The fraction of sp³-hybridized carbons (Fsp3) is 0. The van der Waals surface area contributed by atoms with Crippen LogP contribution < -0.4 is 11.1 Å². The Morgan fingerprint density at radius 1 is 1.36 bits per heavy atom. The molecule has 0 aliphatic heterocycles. The molecule has 0 fully saturated rings. The topological polar surface area (TPSA) is 143 Å². The molecule has 3 rings (SSSR count). The summed E-state index contributed by atoms with van der Waals surface area (Å²) >= 11 is 6.09. The van der Waals surface area contributed by atoms with Crippen LogP contribution in [0.5, 0.6) is 0 Å². The molecule has 0 unspecified atom stereocenters. The normalized spacial score (nSPS) is 10.2. The first-order valence-electron chi connectivity index (χ1n) is 6.87. The molecule has 3 aromatic rings. The lowest BCUT2D eigenvalue weighted by Gasteiger charge is -2.09. The standard InChI is InChI=1S/C15H10ClN7O2/c16-10-3-1-2-4-11(10)21-12-5-8(6-17)20-15(22-12)23-13(18)9(7-19-23)14(24)25/h1-5,7H,18H2,(H,24,25)(H,20,21,22). The number of anilines is 3. The number of nitriles is 1. The van der Waals surface area contributed by atoms with Gasteiger partial charge in [-0.1, -0.05) is 23.7 Å². The number of nitrogens with zero attached hydrogens (tertiary/aromatic N) is 5. The molecule has 0 aliphatic rings. The molecule has 4 N–H and O–H groups in total. The fourth-order valence-corrected chi connectivity index (χ4v) is 2.22. The van der Waals surface area contributed by atoms with E-state index in [0.29, 0.717) is 10.7 Å². The summed E-state index contributed by atoms with van der Waals surface area (Å²) in [4.78, 5) is 19.3. The molecule has 124 valence electrons. The van der Waals surface area contributed by atoms with Crippen LogP contribution in [0.3, 0.4) is 0 Å². The summed E-state index contributed by atoms with van der Waals surface area (Å²) in [6.07, 6.45) is 1.08. The Balaban J connectivity index is 2.06. The third-order valence-corrected chi connectivity index (χ3v) is 3.52. The van der Waals surface area contributed by atoms with Crippen LogP contribution in [0, 0.1) is 11.3 Å². The van der Waals surface area contributed by atoms with E-state index in [0.717, 1.165) is 10.9 Å². The van der Waals surface area contributed by atoms with Crippen molar-refractivity contribution >= 4 is 34.9 Å². The van der Waals surface area contributed by atoms with E-state index in [1.165, 1.54) is 6.07 Å². The van der Waals surface area contributed by atoms with Gasteiger partial charge in [-0.15, -0.1) is 0 Å². The number of hydrogen-bond donors (Lipinski definition) is 3. The number of aromatic carboxylic acids is 1. The van der Waals surface area contributed by atoms with E-state index in [-0.39, 0.29) is 28.8 Å². The van der Waals surface area contributed by atoms with Gasteiger partial charge in [-0.2, -0.15) is 25.0 Å². The lowest BCUT2D eigenvalue weighted by atomic mass is 10.3. The second kappa shape index (κ2) is 6.46. The minimum atomic E-state index is -1.23. The lowest BCUT2D eigenvalue weighted by Crippen LogP contribution is -2.10. The monoisotopic (exact) mass is 355 g/mol. The molecule has 2 aromatic heterocycles. The van der Waals surface area contributed by atoms with Gasteiger partial charge < -0.3 is 16.2 Å². The predicted octanol–water partition coefficient (Wildman–Crippen LogP) is 2.21. The zero-order valence-electron chi connectivity index (χ0n) is 12.5. The largest absolute Gasteiger partial charge is 0.477 e. The Labute approximate surface area is 146 Å². The summed E-state index contributed by atoms with van der Waals surface area (Å²) in [7, 11) is 0. The SMILES string of the molecule is N#Cc1cc(Nc2ccccc2Cl)nc(-n2ncc(C(=O)O)c2N)n1. The Bertz CT molecular complexity index is 1010. The van der Waals surface area contributed by atoms with Crippen LogP contribution in [0.15, 0.2) is 36.5 Å². The van der Waals surface area contributed by atoms with Crippen LogP contribution in [0.25, 0.3) is 5.95 Å². The Kier molecular flexibility index (Phi) is 4.20. The van der Waals surface area contributed by atoms with E-state index < -0.39 is 5.97 Å². The average molecular weight is 356 g/mol. The number of nitrogens with two attached hydrogens (primary N) is 1. The molecular formula is C15H10ClN7O2. The van der Waals surface area contributed by atoms with Crippen LogP contribution in [-0.4, -0.2) is 30.8 Å².